The highest BCUT2D eigenvalue weighted by Crippen LogP contribution is 2.29. The van der Waals surface area contributed by atoms with E-state index in [0.717, 1.165) is 5.56 Å². The topological polar surface area (TPSA) is 29.5 Å². The quantitative estimate of drug-likeness (QED) is 0.828. The number of morpholine rings is 1. The minimum Gasteiger partial charge on any atom is -0.355 e. The van der Waals surface area contributed by atoms with E-state index in [0.29, 0.717) is 0 Å². The Balaban J connectivity index is 2.14. The van der Waals surface area contributed by atoms with Crippen molar-refractivity contribution in [2.45, 2.75) is 31.9 Å². The normalized spacial score (nSPS) is 24.6. The fraction of sp³-hybridized carbons (Fsp3) is 0.462. The molecule has 0 bridgehead atoms. The lowest BCUT2D eigenvalue weighted by Gasteiger charge is -2.36. The van der Waals surface area contributed by atoms with Crippen molar-refractivity contribution in [3.63, 3.8) is 0 Å². The first-order valence-electron chi connectivity index (χ1n) is 5.93. The van der Waals surface area contributed by atoms with Gasteiger partial charge in [-0.15, -0.1) is 0 Å². The molecular weight excluding hydrogens is 259 g/mol. The molecular formula is C13H14F3NO2. The number of carbonyl (C=O) groups is 1. The van der Waals surface area contributed by atoms with Crippen LogP contribution < -0.4 is 0 Å². The number of ether oxygens (including phenoxy) is 1. The molecule has 1 aromatic carbocycles. The molecule has 1 aliphatic rings. The second kappa shape index (κ2) is 5.21. The number of amides is 1. The van der Waals surface area contributed by atoms with Gasteiger partial charge >= 0.3 is 6.18 Å². The highest BCUT2D eigenvalue weighted by atomic mass is 19.4. The van der Waals surface area contributed by atoms with Crippen LogP contribution in [-0.2, 0) is 16.1 Å². The number of carbonyl (C=O) groups excluding carboxylic acids is 1. The summed E-state index contributed by atoms with van der Waals surface area (Å²) in [6.45, 7) is 1.86. The van der Waals surface area contributed by atoms with Crippen molar-refractivity contribution in [1.82, 2.24) is 4.90 Å². The molecule has 0 aliphatic carbocycles. The third-order valence-electron chi connectivity index (χ3n) is 2.90. The van der Waals surface area contributed by atoms with Crippen LogP contribution in [-0.4, -0.2) is 35.7 Å². The average molecular weight is 273 g/mol. The van der Waals surface area contributed by atoms with Crippen LogP contribution in [0.5, 0.6) is 0 Å². The second-order valence-corrected chi connectivity index (χ2v) is 4.57. The lowest BCUT2D eigenvalue weighted by Crippen LogP contribution is -2.56. The zero-order valence-electron chi connectivity index (χ0n) is 10.4. The SMILES string of the molecule is CC1CN(Cc2ccccc2)C(=O)C(C(F)(F)F)O1. The molecule has 1 fully saturated rings. The summed E-state index contributed by atoms with van der Waals surface area (Å²) in [5.41, 5.74) is 0.797. The molecule has 104 valence electrons. The van der Waals surface area contributed by atoms with E-state index >= 15 is 0 Å². The van der Waals surface area contributed by atoms with Crippen LogP contribution in [0.2, 0.25) is 0 Å². The van der Waals surface area contributed by atoms with E-state index in [9.17, 15) is 18.0 Å². The van der Waals surface area contributed by atoms with E-state index in [1.54, 1.807) is 24.3 Å². The summed E-state index contributed by atoms with van der Waals surface area (Å²) in [4.78, 5) is 13.0. The predicted molar refractivity (Wildman–Crippen MR) is 62.2 cm³/mol. The van der Waals surface area contributed by atoms with Gasteiger partial charge < -0.3 is 9.64 Å². The fourth-order valence-electron chi connectivity index (χ4n) is 2.06. The Hall–Kier alpha value is -1.56. The Labute approximate surface area is 109 Å². The van der Waals surface area contributed by atoms with E-state index in [2.05, 4.69) is 0 Å². The summed E-state index contributed by atoms with van der Waals surface area (Å²) in [7, 11) is 0. The van der Waals surface area contributed by atoms with Crippen molar-refractivity contribution in [3.8, 4) is 0 Å². The summed E-state index contributed by atoms with van der Waals surface area (Å²) in [5.74, 6) is -1.02. The van der Waals surface area contributed by atoms with Gasteiger partial charge in [0, 0.05) is 13.1 Å². The molecule has 1 amide bonds. The largest absolute Gasteiger partial charge is 0.423 e. The third kappa shape index (κ3) is 3.26. The highest BCUT2D eigenvalue weighted by molar-refractivity contribution is 5.82. The summed E-state index contributed by atoms with van der Waals surface area (Å²) < 4.78 is 42.8. The Morgan fingerprint density at radius 2 is 1.95 bits per heavy atom. The van der Waals surface area contributed by atoms with Gasteiger partial charge in [0.15, 0.2) is 0 Å². The van der Waals surface area contributed by atoms with Crippen LogP contribution in [0.1, 0.15) is 12.5 Å². The molecule has 2 rings (SSSR count). The first-order valence-corrected chi connectivity index (χ1v) is 5.93. The van der Waals surface area contributed by atoms with Gasteiger partial charge in [-0.05, 0) is 12.5 Å². The fourth-order valence-corrected chi connectivity index (χ4v) is 2.06. The summed E-state index contributed by atoms with van der Waals surface area (Å²) in [6, 6.07) is 8.92. The van der Waals surface area contributed by atoms with Gasteiger partial charge in [-0.25, -0.2) is 0 Å². The standard InChI is InChI=1S/C13H14F3NO2/c1-9-7-17(8-10-5-3-2-4-6-10)12(18)11(19-9)13(14,15)16/h2-6,9,11H,7-8H2,1H3. The smallest absolute Gasteiger partial charge is 0.355 e. The van der Waals surface area contributed by atoms with Gasteiger partial charge in [-0.1, -0.05) is 30.3 Å². The molecule has 3 nitrogen and oxygen atoms in total. The molecule has 0 radical (unpaired) electrons. The maximum Gasteiger partial charge on any atom is 0.423 e. The van der Waals surface area contributed by atoms with Crippen molar-refractivity contribution >= 4 is 5.91 Å². The summed E-state index contributed by atoms with van der Waals surface area (Å²) in [5, 5.41) is 0. The molecule has 1 saturated heterocycles. The second-order valence-electron chi connectivity index (χ2n) is 4.57. The number of rotatable bonds is 2. The van der Waals surface area contributed by atoms with Crippen molar-refractivity contribution < 1.29 is 22.7 Å². The predicted octanol–water partition coefficient (Wildman–Crippen LogP) is 2.36. The zero-order chi connectivity index (χ0) is 14.0. The molecule has 0 saturated carbocycles. The van der Waals surface area contributed by atoms with E-state index in [1.165, 1.54) is 11.8 Å². The summed E-state index contributed by atoms with van der Waals surface area (Å²) >= 11 is 0. The van der Waals surface area contributed by atoms with E-state index in [1.807, 2.05) is 6.07 Å². The summed E-state index contributed by atoms with van der Waals surface area (Å²) in [6.07, 6.45) is -7.64. The third-order valence-corrected chi connectivity index (χ3v) is 2.90. The maximum absolute atomic E-state index is 12.7. The highest BCUT2D eigenvalue weighted by Gasteiger charge is 2.51. The molecule has 2 atom stereocenters. The minimum atomic E-state index is -4.67. The van der Waals surface area contributed by atoms with Crippen LogP contribution in [0.25, 0.3) is 0 Å². The lowest BCUT2D eigenvalue weighted by atomic mass is 10.1. The average Bonchev–Trinajstić information content (AvgIpc) is 2.33. The number of halogens is 3. The van der Waals surface area contributed by atoms with E-state index < -0.39 is 24.3 Å². The molecule has 2 unspecified atom stereocenters. The number of benzene rings is 1. The molecule has 0 aromatic heterocycles. The molecule has 1 aliphatic heterocycles. The van der Waals surface area contributed by atoms with Gasteiger partial charge in [0.05, 0.1) is 6.10 Å². The Kier molecular flexibility index (Phi) is 3.80. The first kappa shape index (κ1) is 13.9. The number of hydrogen-bond donors (Lipinski definition) is 0. The molecule has 6 heteroatoms. The molecule has 1 aromatic rings. The number of alkyl halides is 3. The van der Waals surface area contributed by atoms with Crippen LogP contribution in [0.3, 0.4) is 0 Å². The van der Waals surface area contributed by atoms with E-state index in [4.69, 9.17) is 4.74 Å². The van der Waals surface area contributed by atoms with Crippen LogP contribution in [0, 0.1) is 0 Å². The van der Waals surface area contributed by atoms with Crippen molar-refractivity contribution in [3.05, 3.63) is 35.9 Å². The maximum atomic E-state index is 12.7. The first-order chi connectivity index (χ1) is 8.88. The molecule has 19 heavy (non-hydrogen) atoms. The van der Waals surface area contributed by atoms with Gasteiger partial charge in [0.25, 0.3) is 5.91 Å². The van der Waals surface area contributed by atoms with Crippen molar-refractivity contribution in [2.24, 2.45) is 0 Å². The van der Waals surface area contributed by atoms with Gasteiger partial charge in [-0.3, -0.25) is 4.79 Å². The molecule has 1 heterocycles. The van der Waals surface area contributed by atoms with Crippen LogP contribution in [0.4, 0.5) is 13.2 Å². The Morgan fingerprint density at radius 1 is 1.32 bits per heavy atom. The molecule has 0 spiro atoms. The molecule has 0 N–H and O–H groups in total. The lowest BCUT2D eigenvalue weighted by molar-refractivity contribution is -0.245. The van der Waals surface area contributed by atoms with E-state index in [-0.39, 0.29) is 13.1 Å². The van der Waals surface area contributed by atoms with Crippen molar-refractivity contribution in [2.75, 3.05) is 6.54 Å². The van der Waals surface area contributed by atoms with Crippen molar-refractivity contribution in [1.29, 1.82) is 0 Å². The number of hydrogen-bond acceptors (Lipinski definition) is 2. The Bertz CT molecular complexity index is 447. The Morgan fingerprint density at radius 3 is 2.53 bits per heavy atom. The monoisotopic (exact) mass is 273 g/mol. The minimum absolute atomic E-state index is 0.167. The number of nitrogens with zero attached hydrogens (tertiary/aromatic N) is 1. The van der Waals surface area contributed by atoms with Gasteiger partial charge in [0.1, 0.15) is 0 Å². The van der Waals surface area contributed by atoms with Gasteiger partial charge in [0.2, 0.25) is 6.10 Å². The van der Waals surface area contributed by atoms with Crippen LogP contribution in [0.15, 0.2) is 30.3 Å². The zero-order valence-corrected chi connectivity index (χ0v) is 10.4. The van der Waals surface area contributed by atoms with Crippen LogP contribution >= 0.6 is 0 Å². The van der Waals surface area contributed by atoms with Gasteiger partial charge in [-0.2, -0.15) is 13.2 Å².